The maximum atomic E-state index is 13.0. The van der Waals surface area contributed by atoms with E-state index in [0.29, 0.717) is 5.56 Å². The van der Waals surface area contributed by atoms with Crippen molar-refractivity contribution < 1.29 is 4.39 Å². The lowest BCUT2D eigenvalue weighted by atomic mass is 10.1. The van der Waals surface area contributed by atoms with Gasteiger partial charge in [-0.1, -0.05) is 17.7 Å². The van der Waals surface area contributed by atoms with Gasteiger partial charge in [-0.15, -0.1) is 0 Å². The summed E-state index contributed by atoms with van der Waals surface area (Å²) in [6.07, 6.45) is 0.188. The smallest absolute Gasteiger partial charge is 0.126 e. The number of benzene rings is 1. The van der Waals surface area contributed by atoms with Crippen LogP contribution in [0.5, 0.6) is 0 Å². The highest BCUT2D eigenvalue weighted by molar-refractivity contribution is 5.79. The molecule has 0 unspecified atom stereocenters. The van der Waals surface area contributed by atoms with Crippen LogP contribution in [0.1, 0.15) is 11.1 Å². The summed E-state index contributed by atoms with van der Waals surface area (Å²) in [7, 11) is 0. The minimum atomic E-state index is -0.296. The standard InChI is InChI=1S/C9H11FN2/c1-6-2-3-8(10)7(4-6)5-9(11)12/h2-4H,5H2,1H3,(H3,11,12). The Morgan fingerprint density at radius 1 is 1.58 bits per heavy atom. The van der Waals surface area contributed by atoms with Crippen molar-refractivity contribution in [1.29, 1.82) is 5.41 Å². The van der Waals surface area contributed by atoms with Crippen LogP contribution in [0.2, 0.25) is 0 Å². The van der Waals surface area contributed by atoms with Gasteiger partial charge in [0.1, 0.15) is 5.82 Å². The molecule has 3 heteroatoms. The SMILES string of the molecule is Cc1ccc(F)c(CC(=N)N)c1. The molecule has 0 saturated carbocycles. The van der Waals surface area contributed by atoms with E-state index in [4.69, 9.17) is 11.1 Å². The first-order chi connectivity index (χ1) is 5.59. The van der Waals surface area contributed by atoms with Crippen LogP contribution >= 0.6 is 0 Å². The Kier molecular flexibility index (Phi) is 2.43. The summed E-state index contributed by atoms with van der Waals surface area (Å²) >= 11 is 0. The first kappa shape index (κ1) is 8.71. The number of nitrogens with one attached hydrogen (secondary N) is 1. The average Bonchev–Trinajstić information content (AvgIpc) is 1.96. The first-order valence-corrected chi connectivity index (χ1v) is 3.67. The van der Waals surface area contributed by atoms with Crippen molar-refractivity contribution in [2.24, 2.45) is 5.73 Å². The third-order valence-corrected chi connectivity index (χ3v) is 1.58. The predicted molar refractivity (Wildman–Crippen MR) is 46.8 cm³/mol. The van der Waals surface area contributed by atoms with Crippen molar-refractivity contribution in [2.45, 2.75) is 13.3 Å². The summed E-state index contributed by atoms with van der Waals surface area (Å²) in [6, 6.07) is 4.79. The van der Waals surface area contributed by atoms with E-state index in [-0.39, 0.29) is 18.1 Å². The monoisotopic (exact) mass is 166 g/mol. The molecular weight excluding hydrogens is 155 g/mol. The van der Waals surface area contributed by atoms with Gasteiger partial charge in [0.2, 0.25) is 0 Å². The summed E-state index contributed by atoms with van der Waals surface area (Å²) in [4.78, 5) is 0. The molecule has 12 heavy (non-hydrogen) atoms. The number of rotatable bonds is 2. The van der Waals surface area contributed by atoms with Crippen molar-refractivity contribution in [3.05, 3.63) is 35.1 Å². The molecule has 0 heterocycles. The van der Waals surface area contributed by atoms with Gasteiger partial charge in [0.05, 0.1) is 5.84 Å². The molecule has 1 aromatic rings. The van der Waals surface area contributed by atoms with Gasteiger partial charge < -0.3 is 5.73 Å². The number of nitrogens with two attached hydrogens (primary N) is 1. The maximum absolute atomic E-state index is 13.0. The lowest BCUT2D eigenvalue weighted by Crippen LogP contribution is -2.13. The van der Waals surface area contributed by atoms with Crippen molar-refractivity contribution in [3.63, 3.8) is 0 Å². The normalized spacial score (nSPS) is 9.83. The third kappa shape index (κ3) is 2.05. The number of hydrogen-bond acceptors (Lipinski definition) is 1. The molecule has 0 atom stereocenters. The van der Waals surface area contributed by atoms with Crippen molar-refractivity contribution in [2.75, 3.05) is 0 Å². The second-order valence-electron chi connectivity index (χ2n) is 2.80. The molecule has 0 bridgehead atoms. The van der Waals surface area contributed by atoms with E-state index < -0.39 is 0 Å². The molecule has 0 saturated heterocycles. The van der Waals surface area contributed by atoms with Crippen LogP contribution in [0.15, 0.2) is 18.2 Å². The predicted octanol–water partition coefficient (Wildman–Crippen LogP) is 1.61. The van der Waals surface area contributed by atoms with E-state index in [9.17, 15) is 4.39 Å². The Labute approximate surface area is 70.7 Å². The number of halogens is 1. The Bertz CT molecular complexity index is 307. The molecule has 0 aliphatic rings. The zero-order chi connectivity index (χ0) is 9.14. The van der Waals surface area contributed by atoms with Crippen LogP contribution in [-0.4, -0.2) is 5.84 Å². The number of hydrogen-bond donors (Lipinski definition) is 2. The second-order valence-corrected chi connectivity index (χ2v) is 2.80. The van der Waals surface area contributed by atoms with Gasteiger partial charge in [-0.3, -0.25) is 5.41 Å². The molecule has 1 rings (SSSR count). The highest BCUT2D eigenvalue weighted by atomic mass is 19.1. The molecule has 64 valence electrons. The Balaban J connectivity index is 2.97. The zero-order valence-electron chi connectivity index (χ0n) is 6.89. The molecular formula is C9H11FN2. The topological polar surface area (TPSA) is 49.9 Å². The summed E-state index contributed by atoms with van der Waals surface area (Å²) in [6.45, 7) is 1.88. The van der Waals surface area contributed by atoms with E-state index >= 15 is 0 Å². The van der Waals surface area contributed by atoms with Crippen LogP contribution in [0.3, 0.4) is 0 Å². The van der Waals surface area contributed by atoms with Crippen LogP contribution in [0.25, 0.3) is 0 Å². The maximum Gasteiger partial charge on any atom is 0.126 e. The zero-order valence-corrected chi connectivity index (χ0v) is 6.89. The van der Waals surface area contributed by atoms with Crippen LogP contribution in [0, 0.1) is 18.2 Å². The van der Waals surface area contributed by atoms with Gasteiger partial charge >= 0.3 is 0 Å². The Hall–Kier alpha value is -1.38. The molecule has 2 nitrogen and oxygen atoms in total. The molecule has 3 N–H and O–H groups in total. The van der Waals surface area contributed by atoms with Crippen LogP contribution in [0.4, 0.5) is 4.39 Å². The van der Waals surface area contributed by atoms with E-state index in [2.05, 4.69) is 0 Å². The highest BCUT2D eigenvalue weighted by Crippen LogP contribution is 2.10. The number of aryl methyl sites for hydroxylation is 1. The van der Waals surface area contributed by atoms with Crippen LogP contribution in [-0.2, 0) is 6.42 Å². The number of amidine groups is 1. The van der Waals surface area contributed by atoms with Crippen LogP contribution < -0.4 is 5.73 Å². The van der Waals surface area contributed by atoms with Gasteiger partial charge in [0.15, 0.2) is 0 Å². The average molecular weight is 166 g/mol. The lowest BCUT2D eigenvalue weighted by molar-refractivity contribution is 0.615. The molecule has 1 aromatic carbocycles. The summed E-state index contributed by atoms with van der Waals surface area (Å²) in [5.41, 5.74) is 6.63. The summed E-state index contributed by atoms with van der Waals surface area (Å²) in [5, 5.41) is 7.01. The molecule has 0 aromatic heterocycles. The summed E-state index contributed by atoms with van der Waals surface area (Å²) < 4.78 is 13.0. The Morgan fingerprint density at radius 2 is 2.25 bits per heavy atom. The van der Waals surface area contributed by atoms with E-state index in [0.717, 1.165) is 5.56 Å². The molecule has 0 aliphatic carbocycles. The van der Waals surface area contributed by atoms with Gasteiger partial charge in [-0.25, -0.2) is 4.39 Å². The second kappa shape index (κ2) is 3.34. The van der Waals surface area contributed by atoms with Gasteiger partial charge in [-0.2, -0.15) is 0 Å². The fraction of sp³-hybridized carbons (Fsp3) is 0.222. The fourth-order valence-electron chi connectivity index (χ4n) is 1.04. The lowest BCUT2D eigenvalue weighted by Gasteiger charge is -2.02. The highest BCUT2D eigenvalue weighted by Gasteiger charge is 2.02. The van der Waals surface area contributed by atoms with Crippen molar-refractivity contribution >= 4 is 5.84 Å². The fourth-order valence-corrected chi connectivity index (χ4v) is 1.04. The van der Waals surface area contributed by atoms with Gasteiger partial charge in [0.25, 0.3) is 0 Å². The Morgan fingerprint density at radius 3 is 2.83 bits per heavy atom. The largest absolute Gasteiger partial charge is 0.387 e. The molecule has 0 radical (unpaired) electrons. The van der Waals surface area contributed by atoms with Crippen molar-refractivity contribution in [1.82, 2.24) is 0 Å². The third-order valence-electron chi connectivity index (χ3n) is 1.58. The molecule has 0 fully saturated rings. The quantitative estimate of drug-likeness (QED) is 0.509. The molecule has 0 amide bonds. The van der Waals surface area contributed by atoms with Gasteiger partial charge in [0, 0.05) is 6.42 Å². The van der Waals surface area contributed by atoms with Crippen molar-refractivity contribution in [3.8, 4) is 0 Å². The van der Waals surface area contributed by atoms with E-state index in [1.165, 1.54) is 6.07 Å². The molecule has 0 aliphatic heterocycles. The van der Waals surface area contributed by atoms with E-state index in [1.54, 1.807) is 12.1 Å². The van der Waals surface area contributed by atoms with E-state index in [1.807, 2.05) is 6.92 Å². The first-order valence-electron chi connectivity index (χ1n) is 3.67. The van der Waals surface area contributed by atoms with Gasteiger partial charge in [-0.05, 0) is 18.6 Å². The minimum absolute atomic E-state index is 0.0144. The summed E-state index contributed by atoms with van der Waals surface area (Å²) in [5.74, 6) is -0.310. The minimum Gasteiger partial charge on any atom is -0.387 e. The molecule has 0 spiro atoms.